The van der Waals surface area contributed by atoms with E-state index in [1.807, 2.05) is 0 Å². The van der Waals surface area contributed by atoms with E-state index in [2.05, 4.69) is 5.10 Å². The predicted octanol–water partition coefficient (Wildman–Crippen LogP) is 4.46. The number of hydrogen-bond acceptors (Lipinski definition) is 3. The molecule has 0 aliphatic carbocycles. The summed E-state index contributed by atoms with van der Waals surface area (Å²) in [6.07, 6.45) is 0. The smallest absolute Gasteiger partial charge is 0.272 e. The van der Waals surface area contributed by atoms with E-state index in [0.717, 1.165) is 0 Å². The van der Waals surface area contributed by atoms with Crippen LogP contribution in [0.15, 0.2) is 48.5 Å². The number of amides is 1. The highest BCUT2D eigenvalue weighted by atomic mass is 35.5. The summed E-state index contributed by atoms with van der Waals surface area (Å²) in [5.41, 5.74) is 1.56. The number of nitrogens with zero attached hydrogens (tertiary/aromatic N) is 3. The molecular formula is C20H16Cl2FN3O2. The zero-order valence-corrected chi connectivity index (χ0v) is 16.3. The Morgan fingerprint density at radius 1 is 1.04 bits per heavy atom. The van der Waals surface area contributed by atoms with Crippen molar-refractivity contribution in [2.24, 2.45) is 0 Å². The van der Waals surface area contributed by atoms with Gasteiger partial charge >= 0.3 is 0 Å². The summed E-state index contributed by atoms with van der Waals surface area (Å²) in [4.78, 5) is 14.8. The predicted molar refractivity (Wildman–Crippen MR) is 106 cm³/mol. The number of morpholine rings is 1. The first-order valence-electron chi connectivity index (χ1n) is 8.72. The Bertz CT molecular complexity index is 1030. The molecule has 1 aliphatic rings. The average Bonchev–Trinajstić information content (AvgIpc) is 3.15. The van der Waals surface area contributed by atoms with E-state index < -0.39 is 5.82 Å². The highest BCUT2D eigenvalue weighted by Gasteiger charge is 2.25. The van der Waals surface area contributed by atoms with Crippen LogP contribution in [0.2, 0.25) is 10.0 Å². The quantitative estimate of drug-likeness (QED) is 0.629. The first-order valence-corrected chi connectivity index (χ1v) is 9.47. The normalized spacial score (nSPS) is 14.3. The Morgan fingerprint density at radius 3 is 2.50 bits per heavy atom. The molecule has 3 aromatic rings. The first-order chi connectivity index (χ1) is 13.5. The van der Waals surface area contributed by atoms with Gasteiger partial charge in [-0.25, -0.2) is 9.07 Å². The van der Waals surface area contributed by atoms with E-state index in [0.29, 0.717) is 59.0 Å². The maximum Gasteiger partial charge on any atom is 0.272 e. The molecule has 1 saturated heterocycles. The van der Waals surface area contributed by atoms with Crippen molar-refractivity contribution in [3.8, 4) is 16.9 Å². The zero-order valence-electron chi connectivity index (χ0n) is 14.7. The number of carbonyl (C=O) groups excluding carboxylic acids is 1. The summed E-state index contributed by atoms with van der Waals surface area (Å²) in [5.74, 6) is -0.615. The van der Waals surface area contributed by atoms with Crippen molar-refractivity contribution in [3.63, 3.8) is 0 Å². The Hall–Kier alpha value is -2.41. The number of hydrogen-bond donors (Lipinski definition) is 0. The summed E-state index contributed by atoms with van der Waals surface area (Å²) in [5, 5.41) is 5.23. The van der Waals surface area contributed by atoms with Crippen LogP contribution >= 0.6 is 23.2 Å². The Kier molecular flexibility index (Phi) is 5.35. The van der Waals surface area contributed by atoms with Gasteiger partial charge in [-0.2, -0.15) is 5.10 Å². The van der Waals surface area contributed by atoms with Crippen molar-refractivity contribution >= 4 is 29.1 Å². The van der Waals surface area contributed by atoms with Gasteiger partial charge in [0.25, 0.3) is 5.91 Å². The highest BCUT2D eigenvalue weighted by Crippen LogP contribution is 2.28. The van der Waals surface area contributed by atoms with E-state index in [9.17, 15) is 9.18 Å². The highest BCUT2D eigenvalue weighted by molar-refractivity contribution is 6.42. The lowest BCUT2D eigenvalue weighted by Gasteiger charge is -2.26. The summed E-state index contributed by atoms with van der Waals surface area (Å²) >= 11 is 12.2. The van der Waals surface area contributed by atoms with Gasteiger partial charge in [-0.1, -0.05) is 35.3 Å². The molecule has 0 radical (unpaired) electrons. The summed E-state index contributed by atoms with van der Waals surface area (Å²) in [6.45, 7) is 1.93. The maximum absolute atomic E-state index is 14.3. The third kappa shape index (κ3) is 3.63. The minimum Gasteiger partial charge on any atom is -0.378 e. The molecule has 144 valence electrons. The lowest BCUT2D eigenvalue weighted by Crippen LogP contribution is -2.41. The standard InChI is InChI=1S/C20H16Cl2FN3O2/c21-15-6-5-13(11-16(15)22)26-19(20(27)25-7-9-28-10-8-25)12-18(24-26)14-3-1-2-4-17(14)23/h1-6,11-12H,7-10H2. The second kappa shape index (κ2) is 7.91. The van der Waals surface area contributed by atoms with E-state index in [-0.39, 0.29) is 5.91 Å². The lowest BCUT2D eigenvalue weighted by molar-refractivity contribution is 0.0297. The minimum atomic E-state index is -0.410. The van der Waals surface area contributed by atoms with Crippen LogP contribution < -0.4 is 0 Å². The van der Waals surface area contributed by atoms with Crippen molar-refractivity contribution in [1.82, 2.24) is 14.7 Å². The van der Waals surface area contributed by atoms with Gasteiger partial charge in [-0.3, -0.25) is 4.79 Å². The van der Waals surface area contributed by atoms with E-state index in [1.54, 1.807) is 47.4 Å². The SMILES string of the molecule is O=C(c1cc(-c2ccccc2F)nn1-c1ccc(Cl)c(Cl)c1)N1CCOCC1. The molecule has 28 heavy (non-hydrogen) atoms. The molecule has 0 saturated carbocycles. The van der Waals surface area contributed by atoms with Gasteiger partial charge in [-0.15, -0.1) is 0 Å². The van der Waals surface area contributed by atoms with Crippen LogP contribution in [-0.4, -0.2) is 46.9 Å². The molecule has 1 aliphatic heterocycles. The van der Waals surface area contributed by atoms with Crippen LogP contribution in [-0.2, 0) is 4.74 Å². The van der Waals surface area contributed by atoms with Gasteiger partial charge in [-0.05, 0) is 36.4 Å². The molecule has 0 N–H and O–H groups in total. The molecule has 8 heteroatoms. The molecule has 1 fully saturated rings. The van der Waals surface area contributed by atoms with Crippen LogP contribution in [0.25, 0.3) is 16.9 Å². The average molecular weight is 420 g/mol. The number of benzene rings is 2. The third-order valence-electron chi connectivity index (χ3n) is 4.52. The van der Waals surface area contributed by atoms with Gasteiger partial charge in [0.1, 0.15) is 11.5 Å². The second-order valence-electron chi connectivity index (χ2n) is 6.31. The summed E-state index contributed by atoms with van der Waals surface area (Å²) < 4.78 is 21.1. The molecule has 0 bridgehead atoms. The molecule has 5 nitrogen and oxygen atoms in total. The van der Waals surface area contributed by atoms with Crippen molar-refractivity contribution in [2.75, 3.05) is 26.3 Å². The van der Waals surface area contributed by atoms with Gasteiger partial charge in [0.15, 0.2) is 0 Å². The van der Waals surface area contributed by atoms with Gasteiger partial charge in [0.2, 0.25) is 0 Å². The fraction of sp³-hybridized carbons (Fsp3) is 0.200. The molecule has 0 spiro atoms. The maximum atomic E-state index is 14.3. The topological polar surface area (TPSA) is 47.4 Å². The Morgan fingerprint density at radius 2 is 1.79 bits per heavy atom. The van der Waals surface area contributed by atoms with E-state index in [1.165, 1.54) is 10.7 Å². The van der Waals surface area contributed by atoms with Gasteiger partial charge in [0.05, 0.1) is 34.6 Å². The van der Waals surface area contributed by atoms with Crippen molar-refractivity contribution in [1.29, 1.82) is 0 Å². The molecule has 2 aromatic carbocycles. The second-order valence-corrected chi connectivity index (χ2v) is 7.12. The molecule has 4 rings (SSSR count). The largest absolute Gasteiger partial charge is 0.378 e. The van der Waals surface area contributed by atoms with Crippen LogP contribution in [0, 0.1) is 5.82 Å². The number of halogens is 3. The number of rotatable bonds is 3. The van der Waals surface area contributed by atoms with Crippen LogP contribution in [0.4, 0.5) is 4.39 Å². The number of carbonyl (C=O) groups is 1. The molecule has 2 heterocycles. The lowest BCUT2D eigenvalue weighted by atomic mass is 10.1. The summed E-state index contributed by atoms with van der Waals surface area (Å²) in [7, 11) is 0. The molecule has 1 amide bonds. The van der Waals surface area contributed by atoms with Crippen LogP contribution in [0.3, 0.4) is 0 Å². The van der Waals surface area contributed by atoms with Crippen molar-refractivity contribution in [3.05, 3.63) is 70.1 Å². The molecular weight excluding hydrogens is 404 g/mol. The molecule has 0 unspecified atom stereocenters. The van der Waals surface area contributed by atoms with Crippen LogP contribution in [0.5, 0.6) is 0 Å². The van der Waals surface area contributed by atoms with E-state index in [4.69, 9.17) is 27.9 Å². The Labute approximate surface area is 171 Å². The summed E-state index contributed by atoms with van der Waals surface area (Å²) in [6, 6.07) is 12.9. The fourth-order valence-electron chi connectivity index (χ4n) is 3.08. The van der Waals surface area contributed by atoms with E-state index >= 15 is 0 Å². The molecule has 0 atom stereocenters. The Balaban J connectivity index is 1.83. The fourth-order valence-corrected chi connectivity index (χ4v) is 3.37. The monoisotopic (exact) mass is 419 g/mol. The van der Waals surface area contributed by atoms with Crippen LogP contribution in [0.1, 0.15) is 10.5 Å². The van der Waals surface area contributed by atoms with Gasteiger partial charge in [0, 0.05) is 18.7 Å². The first kappa shape index (κ1) is 18.9. The number of ether oxygens (including phenoxy) is 1. The third-order valence-corrected chi connectivity index (χ3v) is 5.26. The molecule has 1 aromatic heterocycles. The number of aromatic nitrogens is 2. The van der Waals surface area contributed by atoms with Gasteiger partial charge < -0.3 is 9.64 Å². The zero-order chi connectivity index (χ0) is 19.7. The minimum absolute atomic E-state index is 0.204. The van der Waals surface area contributed by atoms with Crippen molar-refractivity contribution < 1.29 is 13.9 Å². The van der Waals surface area contributed by atoms with Crippen molar-refractivity contribution in [2.45, 2.75) is 0 Å².